The van der Waals surface area contributed by atoms with Crippen molar-refractivity contribution in [3.8, 4) is 0 Å². The molecule has 0 aliphatic rings. The maximum Gasteiger partial charge on any atom is 0.381 e. The van der Waals surface area contributed by atoms with Gasteiger partial charge < -0.3 is 9.47 Å². The Bertz CT molecular complexity index is 550. The summed E-state index contributed by atoms with van der Waals surface area (Å²) in [5.74, 6) is -7.47. The van der Waals surface area contributed by atoms with Gasteiger partial charge in [0.2, 0.25) is 0 Å². The summed E-state index contributed by atoms with van der Waals surface area (Å²) in [7, 11) is 1.00. The van der Waals surface area contributed by atoms with Crippen LogP contribution in [0.3, 0.4) is 0 Å². The normalized spacial score (nSPS) is 12.0. The highest BCUT2D eigenvalue weighted by atomic mass is 19.3. The van der Waals surface area contributed by atoms with Crippen molar-refractivity contribution in [2.24, 2.45) is 0 Å². The second-order valence-electron chi connectivity index (χ2n) is 3.90. The van der Waals surface area contributed by atoms with Gasteiger partial charge in [-0.15, -0.1) is 0 Å². The Morgan fingerprint density at radius 1 is 1.24 bits per heavy atom. The first-order valence-electron chi connectivity index (χ1n) is 5.94. The molecule has 0 spiro atoms. The van der Waals surface area contributed by atoms with Crippen molar-refractivity contribution in [3.63, 3.8) is 0 Å². The number of halogens is 3. The molecule has 1 rings (SSSR count). The van der Waals surface area contributed by atoms with E-state index in [0.29, 0.717) is 0 Å². The number of hydrogen-bond acceptors (Lipinski definition) is 4. The molecule has 1 aromatic carbocycles. The quantitative estimate of drug-likeness (QED) is 0.619. The van der Waals surface area contributed by atoms with Crippen LogP contribution in [-0.4, -0.2) is 31.6 Å². The molecule has 0 aliphatic carbocycles. The standard InChI is InChI=1S/C14H13F3O4/c1-3-21-13(19)14(16,17)8-11(12(18)20-2)9-4-6-10(15)7-5-9/h4-8H,3H2,1-2H3/b11-8+. The van der Waals surface area contributed by atoms with Gasteiger partial charge in [0.25, 0.3) is 0 Å². The number of ether oxygens (including phenoxy) is 2. The average Bonchev–Trinajstić information content (AvgIpc) is 2.45. The van der Waals surface area contributed by atoms with Gasteiger partial charge in [-0.25, -0.2) is 14.0 Å². The molecule has 0 amide bonds. The van der Waals surface area contributed by atoms with E-state index in [9.17, 15) is 22.8 Å². The van der Waals surface area contributed by atoms with E-state index in [1.807, 2.05) is 0 Å². The van der Waals surface area contributed by atoms with Crippen LogP contribution >= 0.6 is 0 Å². The molecule has 0 aromatic heterocycles. The van der Waals surface area contributed by atoms with Crippen LogP contribution in [0.1, 0.15) is 12.5 Å². The summed E-state index contributed by atoms with van der Waals surface area (Å²) in [5, 5.41) is 0. The molecule has 0 heterocycles. The van der Waals surface area contributed by atoms with Crippen molar-refractivity contribution in [2.45, 2.75) is 12.8 Å². The highest BCUT2D eigenvalue weighted by Crippen LogP contribution is 2.25. The van der Waals surface area contributed by atoms with Crippen LogP contribution in [0.5, 0.6) is 0 Å². The van der Waals surface area contributed by atoms with Crippen molar-refractivity contribution in [1.29, 1.82) is 0 Å². The van der Waals surface area contributed by atoms with E-state index < -0.39 is 29.3 Å². The van der Waals surface area contributed by atoms with Crippen LogP contribution in [0, 0.1) is 5.82 Å². The number of carbonyl (C=O) groups is 2. The van der Waals surface area contributed by atoms with Crippen LogP contribution < -0.4 is 0 Å². The van der Waals surface area contributed by atoms with Crippen LogP contribution in [-0.2, 0) is 19.1 Å². The largest absolute Gasteiger partial charge is 0.465 e. The molecule has 1 aromatic rings. The third-order valence-corrected chi connectivity index (χ3v) is 2.43. The van der Waals surface area contributed by atoms with Gasteiger partial charge in [0, 0.05) is 6.08 Å². The van der Waals surface area contributed by atoms with Crippen molar-refractivity contribution in [1.82, 2.24) is 0 Å². The Hall–Kier alpha value is -2.31. The maximum absolute atomic E-state index is 13.7. The van der Waals surface area contributed by atoms with Crippen LogP contribution in [0.2, 0.25) is 0 Å². The number of benzene rings is 1. The SMILES string of the molecule is CCOC(=O)C(F)(F)/C=C(/C(=O)OC)c1ccc(F)cc1. The van der Waals surface area contributed by atoms with E-state index in [4.69, 9.17) is 0 Å². The lowest BCUT2D eigenvalue weighted by Gasteiger charge is -2.13. The van der Waals surface area contributed by atoms with E-state index in [0.717, 1.165) is 31.4 Å². The molecule has 4 nitrogen and oxygen atoms in total. The summed E-state index contributed by atoms with van der Waals surface area (Å²) >= 11 is 0. The first kappa shape index (κ1) is 16.7. The van der Waals surface area contributed by atoms with Gasteiger partial charge in [-0.3, -0.25) is 0 Å². The minimum Gasteiger partial charge on any atom is -0.465 e. The van der Waals surface area contributed by atoms with E-state index in [2.05, 4.69) is 9.47 Å². The molecule has 0 bridgehead atoms. The smallest absolute Gasteiger partial charge is 0.381 e. The lowest BCUT2D eigenvalue weighted by Crippen LogP contribution is -2.29. The van der Waals surface area contributed by atoms with Crippen LogP contribution in [0.4, 0.5) is 13.2 Å². The number of esters is 2. The Morgan fingerprint density at radius 3 is 2.29 bits per heavy atom. The Kier molecular flexibility index (Phi) is 5.52. The van der Waals surface area contributed by atoms with Crippen molar-refractivity contribution < 1.29 is 32.2 Å². The topological polar surface area (TPSA) is 52.6 Å². The van der Waals surface area contributed by atoms with E-state index in [-0.39, 0.29) is 18.2 Å². The molecule has 0 radical (unpaired) electrons. The molecule has 21 heavy (non-hydrogen) atoms. The van der Waals surface area contributed by atoms with Crippen molar-refractivity contribution in [3.05, 3.63) is 41.7 Å². The lowest BCUT2D eigenvalue weighted by molar-refractivity contribution is -0.164. The van der Waals surface area contributed by atoms with E-state index in [1.165, 1.54) is 6.92 Å². The van der Waals surface area contributed by atoms with Gasteiger partial charge in [0.05, 0.1) is 19.3 Å². The molecule has 0 aliphatic heterocycles. The molecule has 0 saturated carbocycles. The number of alkyl halides is 2. The molecule has 0 saturated heterocycles. The molecule has 0 N–H and O–H groups in total. The summed E-state index contributed by atoms with van der Waals surface area (Å²) in [5.41, 5.74) is -0.567. The summed E-state index contributed by atoms with van der Waals surface area (Å²) in [6.07, 6.45) is 0.143. The van der Waals surface area contributed by atoms with Gasteiger partial charge >= 0.3 is 17.9 Å². The van der Waals surface area contributed by atoms with Gasteiger partial charge in [-0.05, 0) is 24.6 Å². The summed E-state index contributed by atoms with van der Waals surface area (Å²) in [4.78, 5) is 22.8. The number of hydrogen-bond donors (Lipinski definition) is 0. The summed E-state index contributed by atoms with van der Waals surface area (Å²) in [6.45, 7) is 1.14. The minimum absolute atomic E-state index is 0.00720. The second-order valence-corrected chi connectivity index (χ2v) is 3.90. The predicted molar refractivity (Wildman–Crippen MR) is 68.0 cm³/mol. The number of methoxy groups -OCH3 is 1. The van der Waals surface area contributed by atoms with E-state index in [1.54, 1.807) is 0 Å². The molecular formula is C14H13F3O4. The van der Waals surface area contributed by atoms with Crippen molar-refractivity contribution in [2.75, 3.05) is 13.7 Å². The third kappa shape index (κ3) is 4.34. The zero-order valence-corrected chi connectivity index (χ0v) is 11.4. The molecule has 114 valence electrons. The van der Waals surface area contributed by atoms with Gasteiger partial charge in [0.15, 0.2) is 0 Å². The zero-order chi connectivity index (χ0) is 16.0. The molecule has 0 atom stereocenters. The van der Waals surface area contributed by atoms with Crippen LogP contribution in [0.15, 0.2) is 30.3 Å². The Balaban J connectivity index is 3.25. The summed E-state index contributed by atoms with van der Waals surface area (Å²) in [6, 6.07) is 4.24. The first-order valence-corrected chi connectivity index (χ1v) is 5.94. The van der Waals surface area contributed by atoms with Gasteiger partial charge in [-0.1, -0.05) is 12.1 Å². The fraction of sp³-hybridized carbons (Fsp3) is 0.286. The molecule has 0 unspecified atom stereocenters. The first-order chi connectivity index (χ1) is 9.81. The fourth-order valence-electron chi connectivity index (χ4n) is 1.47. The van der Waals surface area contributed by atoms with Crippen molar-refractivity contribution >= 4 is 17.5 Å². The number of rotatable bonds is 5. The molecule has 7 heteroatoms. The zero-order valence-electron chi connectivity index (χ0n) is 11.4. The highest BCUT2D eigenvalue weighted by Gasteiger charge is 2.39. The minimum atomic E-state index is -4.01. The predicted octanol–water partition coefficient (Wildman–Crippen LogP) is 2.58. The van der Waals surface area contributed by atoms with Crippen LogP contribution in [0.25, 0.3) is 5.57 Å². The molecule has 0 fully saturated rings. The van der Waals surface area contributed by atoms with Gasteiger partial charge in [0.1, 0.15) is 5.82 Å². The Labute approximate surface area is 119 Å². The highest BCUT2D eigenvalue weighted by molar-refractivity contribution is 6.17. The second kappa shape index (κ2) is 6.92. The lowest BCUT2D eigenvalue weighted by atomic mass is 10.0. The average molecular weight is 302 g/mol. The summed E-state index contributed by atoms with van der Waals surface area (Å²) < 4.78 is 48.8. The maximum atomic E-state index is 13.7. The fourth-order valence-corrected chi connectivity index (χ4v) is 1.47. The Morgan fingerprint density at radius 2 is 1.81 bits per heavy atom. The third-order valence-electron chi connectivity index (χ3n) is 2.43. The van der Waals surface area contributed by atoms with Gasteiger partial charge in [-0.2, -0.15) is 8.78 Å². The monoisotopic (exact) mass is 302 g/mol. The molecular weight excluding hydrogens is 289 g/mol. The number of carbonyl (C=O) groups excluding carboxylic acids is 2. The van der Waals surface area contributed by atoms with E-state index >= 15 is 0 Å².